The quantitative estimate of drug-likeness (QED) is 0.334. The van der Waals surface area contributed by atoms with Crippen LogP contribution < -0.4 is 97.5 Å². The Hall–Kier alpha value is 2.76. The van der Waals surface area contributed by atoms with Gasteiger partial charge in [-0.1, -0.05) is 0 Å². The second-order valence-electron chi connectivity index (χ2n) is 0.469. The van der Waals surface area contributed by atoms with Gasteiger partial charge in [0.2, 0.25) is 0 Å². The summed E-state index contributed by atoms with van der Waals surface area (Å²) in [6.45, 7) is 0. The largest absolute Gasteiger partial charge is 1.00 e. The smallest absolute Gasteiger partial charge is 0.790 e. The molecule has 0 aromatic rings. The van der Waals surface area contributed by atoms with E-state index in [2.05, 4.69) is 0 Å². The van der Waals surface area contributed by atoms with E-state index in [1.807, 2.05) is 0 Å². The Kier molecular flexibility index (Phi) is 16.1. The molecule has 0 saturated carbocycles. The molecule has 0 rings (SSSR count). The Morgan fingerprint density at radius 3 is 1.43 bits per heavy atom. The van der Waals surface area contributed by atoms with Gasteiger partial charge in [-0.3, -0.25) is 0 Å². The molecule has 0 saturated heterocycles. The van der Waals surface area contributed by atoms with Gasteiger partial charge in [-0.25, -0.2) is 0 Å². The normalized spacial score (nSPS) is 8.43. The van der Waals surface area contributed by atoms with Crippen molar-refractivity contribution in [1.82, 2.24) is 0 Å². The zero-order chi connectivity index (χ0) is 4.50. The van der Waals surface area contributed by atoms with Crippen molar-refractivity contribution in [2.75, 3.05) is 0 Å². The van der Waals surface area contributed by atoms with Crippen molar-refractivity contribution in [1.29, 1.82) is 0 Å². The first kappa shape index (κ1) is 16.4. The number of hydrogen-bond acceptors (Lipinski definition) is 3. The molecule has 1 N–H and O–H groups in total. The van der Waals surface area contributed by atoms with Crippen molar-refractivity contribution in [3.05, 3.63) is 0 Å². The summed E-state index contributed by atoms with van der Waals surface area (Å²) in [6.07, 6.45) is 0. The van der Waals surface area contributed by atoms with E-state index in [0.29, 0.717) is 0 Å². The van der Waals surface area contributed by atoms with Gasteiger partial charge in [-0.05, 0) is 0 Å². The van der Waals surface area contributed by atoms with E-state index in [0.717, 1.165) is 0 Å². The minimum Gasteiger partial charge on any atom is -0.790 e. The molecule has 0 atom stereocenters. The van der Waals surface area contributed by atoms with Crippen LogP contribution in [0.2, 0.25) is 0 Å². The first-order chi connectivity index (χ1) is 2.00. The molecular formula is HCsLiO4P. The topological polar surface area (TPSA) is 83.4 Å². The third kappa shape index (κ3) is 52.6. The van der Waals surface area contributed by atoms with Crippen molar-refractivity contribution < 1.29 is 107 Å². The van der Waals surface area contributed by atoms with E-state index in [9.17, 15) is 0 Å². The minimum absolute atomic E-state index is 0. The molecule has 0 aliphatic carbocycles. The van der Waals surface area contributed by atoms with Crippen LogP contribution in [0.15, 0.2) is 0 Å². The zero-order valence-electron chi connectivity index (χ0n) is 4.12. The summed E-state index contributed by atoms with van der Waals surface area (Å²) in [5, 5.41) is 0. The molecule has 0 heterocycles. The molecule has 0 unspecified atom stereocenters. The van der Waals surface area contributed by atoms with Gasteiger partial charge in [-0.15, -0.1) is 0 Å². The van der Waals surface area contributed by atoms with E-state index < -0.39 is 7.82 Å². The first-order valence-corrected chi connectivity index (χ1v) is 2.24. The summed E-state index contributed by atoms with van der Waals surface area (Å²) in [6, 6.07) is 0. The van der Waals surface area contributed by atoms with Gasteiger partial charge < -0.3 is 19.2 Å². The summed E-state index contributed by atoms with van der Waals surface area (Å²) in [7, 11) is -5.14. The van der Waals surface area contributed by atoms with Crippen LogP contribution in [0.3, 0.4) is 0 Å². The van der Waals surface area contributed by atoms with Gasteiger partial charge >= 0.3 is 87.8 Å². The fraction of sp³-hybridized carbons (Fsp3) is 0. The first-order valence-electron chi connectivity index (χ1n) is 0.748. The van der Waals surface area contributed by atoms with E-state index in [1.54, 1.807) is 0 Å². The third-order valence-corrected chi connectivity index (χ3v) is 0. The van der Waals surface area contributed by atoms with Crippen molar-refractivity contribution >= 4 is 7.82 Å². The molecular weight excluding hydrogens is 235 g/mol. The van der Waals surface area contributed by atoms with Crippen LogP contribution in [-0.2, 0) is 4.57 Å². The second kappa shape index (κ2) is 6.87. The van der Waals surface area contributed by atoms with Crippen LogP contribution in [0.4, 0.5) is 0 Å². The summed E-state index contributed by atoms with van der Waals surface area (Å²) in [4.78, 5) is 24.3. The number of phosphoric acid groups is 1. The SMILES string of the molecule is O=P([O-])([O-])O.[Cs+].[Li+]. The maximum Gasteiger partial charge on any atom is 1.00 e. The molecule has 32 valence electrons. The van der Waals surface area contributed by atoms with E-state index in [4.69, 9.17) is 19.2 Å². The fourth-order valence-electron chi connectivity index (χ4n) is 0. The van der Waals surface area contributed by atoms with Gasteiger partial charge in [0.05, 0.1) is 7.82 Å². The minimum atomic E-state index is -5.14. The maximum atomic E-state index is 8.66. The molecule has 7 heteroatoms. The van der Waals surface area contributed by atoms with Gasteiger partial charge in [0, 0.05) is 0 Å². The molecule has 0 fully saturated rings. The predicted octanol–water partition coefficient (Wildman–Crippen LogP) is -8.18. The zero-order valence-corrected chi connectivity index (χ0v) is 11.3. The van der Waals surface area contributed by atoms with Crippen LogP contribution in [0.1, 0.15) is 0 Å². The third-order valence-electron chi connectivity index (χ3n) is 0. The van der Waals surface area contributed by atoms with E-state index in [1.165, 1.54) is 0 Å². The van der Waals surface area contributed by atoms with Crippen molar-refractivity contribution in [3.8, 4) is 0 Å². The van der Waals surface area contributed by atoms with Crippen LogP contribution >= 0.6 is 7.82 Å². The van der Waals surface area contributed by atoms with Crippen molar-refractivity contribution in [2.45, 2.75) is 0 Å². The molecule has 4 nitrogen and oxygen atoms in total. The number of hydrogen-bond donors (Lipinski definition) is 1. The average Bonchev–Trinajstić information content (AvgIpc) is 0.722. The molecule has 0 bridgehead atoms. The monoisotopic (exact) mass is 236 g/mol. The molecule has 0 aromatic carbocycles. The molecule has 0 spiro atoms. The molecule has 0 aromatic heterocycles. The average molecular weight is 236 g/mol. The fourth-order valence-corrected chi connectivity index (χ4v) is 0. The Balaban J connectivity index is -0.0000000800. The van der Waals surface area contributed by atoms with Crippen LogP contribution in [0.25, 0.3) is 0 Å². The molecule has 0 aliphatic heterocycles. The Morgan fingerprint density at radius 2 is 1.43 bits per heavy atom. The van der Waals surface area contributed by atoms with Crippen molar-refractivity contribution in [2.24, 2.45) is 0 Å². The van der Waals surface area contributed by atoms with Gasteiger partial charge in [0.25, 0.3) is 0 Å². The molecule has 0 aliphatic rings. The molecule has 0 amide bonds. The van der Waals surface area contributed by atoms with Crippen LogP contribution in [-0.4, -0.2) is 4.89 Å². The predicted molar refractivity (Wildman–Crippen MR) is 9.83 cm³/mol. The van der Waals surface area contributed by atoms with E-state index >= 15 is 0 Å². The molecule has 0 radical (unpaired) electrons. The molecule has 7 heavy (non-hydrogen) atoms. The van der Waals surface area contributed by atoms with Gasteiger partial charge in [0.15, 0.2) is 0 Å². The Morgan fingerprint density at radius 1 is 1.43 bits per heavy atom. The Bertz CT molecular complexity index is 57.8. The standard InChI is InChI=1S/Cs.Li.H3O4P/c;;1-5(2,3)4/h;;(H3,1,2,3,4)/q2*+1;/p-2. The second-order valence-corrected chi connectivity index (χ2v) is 1.41. The summed E-state index contributed by atoms with van der Waals surface area (Å²) in [5.74, 6) is 0. The Labute approximate surface area is 112 Å². The van der Waals surface area contributed by atoms with Crippen molar-refractivity contribution in [3.63, 3.8) is 0 Å². The van der Waals surface area contributed by atoms with Crippen LogP contribution in [0.5, 0.6) is 0 Å². The summed E-state index contributed by atoms with van der Waals surface area (Å²) < 4.78 is 8.66. The summed E-state index contributed by atoms with van der Waals surface area (Å²) in [5.41, 5.74) is 0. The van der Waals surface area contributed by atoms with Gasteiger partial charge in [0.1, 0.15) is 0 Å². The maximum absolute atomic E-state index is 8.66. The summed E-state index contributed by atoms with van der Waals surface area (Å²) >= 11 is 0. The van der Waals surface area contributed by atoms with E-state index in [-0.39, 0.29) is 87.8 Å². The number of rotatable bonds is 0. The van der Waals surface area contributed by atoms with Gasteiger partial charge in [-0.2, -0.15) is 0 Å². The van der Waals surface area contributed by atoms with Crippen LogP contribution in [0, 0.1) is 0 Å².